The summed E-state index contributed by atoms with van der Waals surface area (Å²) in [5.41, 5.74) is -0.605. The van der Waals surface area contributed by atoms with Crippen molar-refractivity contribution >= 4 is 11.9 Å². The Hall–Kier alpha value is -2.12. The van der Waals surface area contributed by atoms with Crippen LogP contribution in [0.1, 0.15) is 109 Å². The van der Waals surface area contributed by atoms with E-state index in [4.69, 9.17) is 9.47 Å². The number of carbonyl (C=O) groups excluding carboxylic acids is 2. The molecule has 0 unspecified atom stereocenters. The van der Waals surface area contributed by atoms with Gasteiger partial charge in [0.15, 0.2) is 23.3 Å². The monoisotopic (exact) mass is 490 g/mol. The van der Waals surface area contributed by atoms with E-state index in [-0.39, 0.29) is 19.3 Å². The summed E-state index contributed by atoms with van der Waals surface area (Å²) in [6.07, 6.45) is 14.7. The van der Waals surface area contributed by atoms with Crippen LogP contribution in [0.2, 0.25) is 0 Å². The first-order valence-corrected chi connectivity index (χ1v) is 12.5. The molecule has 0 heterocycles. The minimum Gasteiger partial charge on any atom is -0.466 e. The number of benzene rings is 1. The normalized spacial score (nSPS) is 11.0. The Bertz CT molecular complexity index is 740. The van der Waals surface area contributed by atoms with Gasteiger partial charge in [-0.25, -0.2) is 17.6 Å². The Labute approximate surface area is 200 Å². The molecule has 0 aliphatic carbocycles. The molecular formula is C26H38F4O4. The Morgan fingerprint density at radius 1 is 0.647 bits per heavy atom. The maximum atomic E-state index is 13.5. The van der Waals surface area contributed by atoms with Gasteiger partial charge in [-0.1, -0.05) is 77.6 Å². The lowest BCUT2D eigenvalue weighted by Gasteiger charge is -2.08. The van der Waals surface area contributed by atoms with Crippen molar-refractivity contribution < 1.29 is 36.6 Å². The average Bonchev–Trinajstić information content (AvgIpc) is 2.82. The van der Waals surface area contributed by atoms with Gasteiger partial charge in [-0.3, -0.25) is 9.59 Å². The van der Waals surface area contributed by atoms with E-state index >= 15 is 0 Å². The standard InChI is InChI=1S/C26H38F4O4/c1-2-3-4-5-6-7-8-9-10-11-12-13-17-33-22(31)15-14-16-23(32)34-19-20-18-21(27)25(29)26(30)24(20)28/h18H,2-17,19H2,1H3. The molecule has 4 nitrogen and oxygen atoms in total. The van der Waals surface area contributed by atoms with Crippen LogP contribution >= 0.6 is 0 Å². The number of rotatable bonds is 19. The van der Waals surface area contributed by atoms with E-state index < -0.39 is 47.4 Å². The molecule has 0 bridgehead atoms. The zero-order valence-corrected chi connectivity index (χ0v) is 20.2. The molecule has 1 aromatic carbocycles. The zero-order chi connectivity index (χ0) is 25.2. The second-order valence-corrected chi connectivity index (χ2v) is 8.58. The molecule has 0 saturated heterocycles. The van der Waals surface area contributed by atoms with Gasteiger partial charge in [0.25, 0.3) is 0 Å². The van der Waals surface area contributed by atoms with E-state index in [0.717, 1.165) is 19.3 Å². The maximum absolute atomic E-state index is 13.5. The first kappa shape index (κ1) is 29.9. The molecule has 0 aliphatic rings. The topological polar surface area (TPSA) is 52.6 Å². The van der Waals surface area contributed by atoms with E-state index in [1.54, 1.807) is 0 Å². The lowest BCUT2D eigenvalue weighted by molar-refractivity contribution is -0.146. The summed E-state index contributed by atoms with van der Waals surface area (Å²) >= 11 is 0. The van der Waals surface area contributed by atoms with Crippen LogP contribution < -0.4 is 0 Å². The molecule has 0 atom stereocenters. The number of carbonyl (C=O) groups is 2. The minimum atomic E-state index is -1.96. The van der Waals surface area contributed by atoms with E-state index in [1.807, 2.05) is 0 Å². The van der Waals surface area contributed by atoms with Crippen molar-refractivity contribution in [3.05, 3.63) is 34.9 Å². The van der Waals surface area contributed by atoms with Gasteiger partial charge in [0.05, 0.1) is 6.61 Å². The number of esters is 2. The van der Waals surface area contributed by atoms with E-state index in [0.29, 0.717) is 12.7 Å². The van der Waals surface area contributed by atoms with Gasteiger partial charge in [0.1, 0.15) is 6.61 Å². The molecule has 0 spiro atoms. The number of halogens is 4. The molecule has 0 aliphatic heterocycles. The summed E-state index contributed by atoms with van der Waals surface area (Å²) in [4.78, 5) is 23.4. The highest BCUT2D eigenvalue weighted by Gasteiger charge is 2.19. The summed E-state index contributed by atoms with van der Waals surface area (Å²) in [6.45, 7) is 1.84. The molecule has 0 fully saturated rings. The first-order valence-electron chi connectivity index (χ1n) is 12.5. The summed E-state index contributed by atoms with van der Waals surface area (Å²) in [7, 11) is 0. The summed E-state index contributed by atoms with van der Waals surface area (Å²) in [6, 6.07) is 0.438. The van der Waals surface area contributed by atoms with Crippen LogP contribution in [-0.2, 0) is 25.7 Å². The van der Waals surface area contributed by atoms with Crippen LogP contribution in [0.5, 0.6) is 0 Å². The molecule has 0 aromatic heterocycles. The van der Waals surface area contributed by atoms with Crippen molar-refractivity contribution in [1.82, 2.24) is 0 Å². The van der Waals surface area contributed by atoms with Gasteiger partial charge in [-0.2, -0.15) is 0 Å². The quantitative estimate of drug-likeness (QED) is 0.0655. The third-order valence-corrected chi connectivity index (χ3v) is 5.59. The number of hydrogen-bond donors (Lipinski definition) is 0. The van der Waals surface area contributed by atoms with Crippen LogP contribution in [-0.4, -0.2) is 18.5 Å². The van der Waals surface area contributed by atoms with Crippen molar-refractivity contribution in [2.75, 3.05) is 6.61 Å². The number of hydrogen-bond acceptors (Lipinski definition) is 4. The Morgan fingerprint density at radius 2 is 1.15 bits per heavy atom. The highest BCUT2D eigenvalue weighted by atomic mass is 19.2. The lowest BCUT2D eigenvalue weighted by atomic mass is 10.1. The summed E-state index contributed by atoms with van der Waals surface area (Å²) < 4.78 is 62.6. The fourth-order valence-corrected chi connectivity index (χ4v) is 3.54. The summed E-state index contributed by atoms with van der Waals surface area (Å²) in [5.74, 6) is -8.23. The first-order chi connectivity index (χ1) is 16.4. The summed E-state index contributed by atoms with van der Waals surface area (Å²) in [5, 5.41) is 0. The second kappa shape index (κ2) is 18.2. The highest BCUT2D eigenvalue weighted by molar-refractivity contribution is 5.72. The minimum absolute atomic E-state index is 0.0293. The maximum Gasteiger partial charge on any atom is 0.306 e. The van der Waals surface area contributed by atoms with Crippen molar-refractivity contribution in [3.8, 4) is 0 Å². The molecule has 0 radical (unpaired) electrons. The smallest absolute Gasteiger partial charge is 0.306 e. The molecule has 1 rings (SSSR count). The zero-order valence-electron chi connectivity index (χ0n) is 20.2. The third kappa shape index (κ3) is 12.9. The number of unbranched alkanes of at least 4 members (excludes halogenated alkanes) is 11. The molecule has 194 valence electrons. The lowest BCUT2D eigenvalue weighted by Crippen LogP contribution is -2.10. The largest absolute Gasteiger partial charge is 0.466 e. The Kier molecular flexibility index (Phi) is 16.0. The molecule has 1 aromatic rings. The molecule has 0 amide bonds. The van der Waals surface area contributed by atoms with Crippen LogP contribution in [0.3, 0.4) is 0 Å². The second-order valence-electron chi connectivity index (χ2n) is 8.58. The fourth-order valence-electron chi connectivity index (χ4n) is 3.54. The van der Waals surface area contributed by atoms with Crippen molar-refractivity contribution in [2.45, 2.75) is 110 Å². The van der Waals surface area contributed by atoms with Crippen molar-refractivity contribution in [3.63, 3.8) is 0 Å². The molecule has 8 heteroatoms. The molecule has 0 N–H and O–H groups in total. The molecular weight excluding hydrogens is 452 g/mol. The van der Waals surface area contributed by atoms with Crippen LogP contribution in [0.15, 0.2) is 6.07 Å². The fraction of sp³-hybridized carbons (Fsp3) is 0.692. The van der Waals surface area contributed by atoms with Gasteiger partial charge in [0, 0.05) is 18.4 Å². The Morgan fingerprint density at radius 3 is 1.71 bits per heavy atom. The van der Waals surface area contributed by atoms with Gasteiger partial charge in [-0.15, -0.1) is 0 Å². The predicted molar refractivity (Wildman–Crippen MR) is 122 cm³/mol. The average molecular weight is 491 g/mol. The van der Waals surface area contributed by atoms with E-state index in [1.165, 1.54) is 57.8 Å². The molecule has 0 saturated carbocycles. The van der Waals surface area contributed by atoms with Gasteiger partial charge in [0.2, 0.25) is 0 Å². The van der Waals surface area contributed by atoms with Gasteiger partial charge in [-0.05, 0) is 18.9 Å². The van der Waals surface area contributed by atoms with Crippen molar-refractivity contribution in [1.29, 1.82) is 0 Å². The highest BCUT2D eigenvalue weighted by Crippen LogP contribution is 2.19. The van der Waals surface area contributed by atoms with Crippen LogP contribution in [0.25, 0.3) is 0 Å². The Balaban J connectivity index is 1.99. The van der Waals surface area contributed by atoms with Gasteiger partial charge >= 0.3 is 11.9 Å². The predicted octanol–water partition coefficient (Wildman–Crippen LogP) is 7.70. The SMILES string of the molecule is CCCCCCCCCCCCCCOC(=O)CCCC(=O)OCc1cc(F)c(F)c(F)c1F. The molecule has 34 heavy (non-hydrogen) atoms. The number of ether oxygens (including phenoxy) is 2. The third-order valence-electron chi connectivity index (χ3n) is 5.59. The van der Waals surface area contributed by atoms with Crippen LogP contribution in [0, 0.1) is 23.3 Å². The van der Waals surface area contributed by atoms with E-state index in [2.05, 4.69) is 6.92 Å². The van der Waals surface area contributed by atoms with E-state index in [9.17, 15) is 27.2 Å². The van der Waals surface area contributed by atoms with Gasteiger partial charge < -0.3 is 9.47 Å². The van der Waals surface area contributed by atoms with Crippen molar-refractivity contribution in [2.24, 2.45) is 0 Å². The van der Waals surface area contributed by atoms with Crippen LogP contribution in [0.4, 0.5) is 17.6 Å².